The molecule has 1 aliphatic rings. The van der Waals surface area contributed by atoms with E-state index in [-0.39, 0.29) is 16.7 Å². The molecule has 0 saturated carbocycles. The maximum atomic E-state index is 10.8. The molecule has 20 heavy (non-hydrogen) atoms. The normalized spacial score (nSPS) is 19.5. The van der Waals surface area contributed by atoms with Crippen molar-refractivity contribution in [3.05, 3.63) is 39.9 Å². The lowest BCUT2D eigenvalue weighted by atomic mass is 9.92. The molecule has 2 atom stereocenters. The molecule has 0 amide bonds. The Bertz CT molecular complexity index is 458. The van der Waals surface area contributed by atoms with Gasteiger partial charge in [0.1, 0.15) is 0 Å². The van der Waals surface area contributed by atoms with Crippen molar-refractivity contribution in [2.75, 3.05) is 13.2 Å². The van der Waals surface area contributed by atoms with E-state index in [1.807, 2.05) is 6.07 Å². The zero-order chi connectivity index (χ0) is 14.5. The fourth-order valence-corrected chi connectivity index (χ4v) is 2.75. The van der Waals surface area contributed by atoms with Gasteiger partial charge in [-0.2, -0.15) is 0 Å². The second-order valence-electron chi connectivity index (χ2n) is 5.48. The molecule has 0 aliphatic carbocycles. The first kappa shape index (κ1) is 14.9. The van der Waals surface area contributed by atoms with E-state index < -0.39 is 0 Å². The highest BCUT2D eigenvalue weighted by molar-refractivity contribution is 5.35. The fourth-order valence-electron chi connectivity index (χ4n) is 2.75. The van der Waals surface area contributed by atoms with E-state index in [9.17, 15) is 10.1 Å². The van der Waals surface area contributed by atoms with Crippen molar-refractivity contribution in [2.24, 2.45) is 5.92 Å². The molecule has 0 bridgehead atoms. The molecule has 2 unspecified atom stereocenters. The molecule has 0 radical (unpaired) electrons. The maximum Gasteiger partial charge on any atom is 0.269 e. The lowest BCUT2D eigenvalue weighted by Gasteiger charge is -2.30. The van der Waals surface area contributed by atoms with Gasteiger partial charge in [-0.3, -0.25) is 10.1 Å². The molecule has 1 aromatic rings. The lowest BCUT2D eigenvalue weighted by Crippen LogP contribution is -2.38. The lowest BCUT2D eigenvalue weighted by molar-refractivity contribution is -0.384. The Hall–Kier alpha value is -1.46. The maximum absolute atomic E-state index is 10.8. The number of rotatable bonds is 5. The summed E-state index contributed by atoms with van der Waals surface area (Å²) < 4.78 is 5.38. The van der Waals surface area contributed by atoms with Gasteiger partial charge in [0.05, 0.1) is 4.92 Å². The van der Waals surface area contributed by atoms with Crippen molar-refractivity contribution in [1.82, 2.24) is 5.32 Å². The van der Waals surface area contributed by atoms with Crippen molar-refractivity contribution >= 4 is 5.69 Å². The third-order valence-electron chi connectivity index (χ3n) is 4.07. The van der Waals surface area contributed by atoms with Crippen molar-refractivity contribution in [3.8, 4) is 0 Å². The van der Waals surface area contributed by atoms with Crippen LogP contribution in [0.4, 0.5) is 5.69 Å². The molecule has 110 valence electrons. The summed E-state index contributed by atoms with van der Waals surface area (Å²) >= 11 is 0. The van der Waals surface area contributed by atoms with Gasteiger partial charge in [0.2, 0.25) is 0 Å². The van der Waals surface area contributed by atoms with Crippen LogP contribution < -0.4 is 5.32 Å². The molecule has 1 saturated heterocycles. The summed E-state index contributed by atoms with van der Waals surface area (Å²) in [5, 5.41) is 14.4. The molecule has 1 aliphatic heterocycles. The summed E-state index contributed by atoms with van der Waals surface area (Å²) in [5.74, 6) is 0.616. The van der Waals surface area contributed by atoms with Crippen LogP contribution in [0.25, 0.3) is 0 Å². The fraction of sp³-hybridized carbons (Fsp3) is 0.600. The quantitative estimate of drug-likeness (QED) is 0.664. The number of non-ortho nitro benzene ring substituents is 1. The summed E-state index contributed by atoms with van der Waals surface area (Å²) in [6.07, 6.45) is 2.16. The smallest absolute Gasteiger partial charge is 0.269 e. The van der Waals surface area contributed by atoms with Gasteiger partial charge in [0, 0.05) is 37.4 Å². The molecule has 1 N–H and O–H groups in total. The molecule has 0 spiro atoms. The van der Waals surface area contributed by atoms with E-state index in [0.717, 1.165) is 31.6 Å². The number of nitro benzene ring substituents is 1. The Morgan fingerprint density at radius 2 is 2.05 bits per heavy atom. The Kier molecular flexibility index (Phi) is 5.09. The predicted molar refractivity (Wildman–Crippen MR) is 77.7 cm³/mol. The van der Waals surface area contributed by atoms with Crippen LogP contribution in [0.15, 0.2) is 24.3 Å². The van der Waals surface area contributed by atoms with E-state index in [1.165, 1.54) is 6.07 Å². The third kappa shape index (κ3) is 3.77. The van der Waals surface area contributed by atoms with E-state index >= 15 is 0 Å². The summed E-state index contributed by atoms with van der Waals surface area (Å²) in [5.41, 5.74) is 1.10. The van der Waals surface area contributed by atoms with Crippen LogP contribution in [0, 0.1) is 16.0 Å². The largest absolute Gasteiger partial charge is 0.381 e. The van der Waals surface area contributed by atoms with Crippen molar-refractivity contribution in [2.45, 2.75) is 38.8 Å². The van der Waals surface area contributed by atoms with E-state index in [0.29, 0.717) is 12.0 Å². The van der Waals surface area contributed by atoms with Crippen LogP contribution in [0.1, 0.15) is 38.3 Å². The van der Waals surface area contributed by atoms with Crippen molar-refractivity contribution in [1.29, 1.82) is 0 Å². The second kappa shape index (κ2) is 6.81. The van der Waals surface area contributed by atoms with Gasteiger partial charge in [0.25, 0.3) is 5.69 Å². The van der Waals surface area contributed by atoms with Gasteiger partial charge in [0.15, 0.2) is 0 Å². The number of nitrogens with one attached hydrogen (secondary N) is 1. The highest BCUT2D eigenvalue weighted by Crippen LogP contribution is 2.23. The molecule has 1 fully saturated rings. The summed E-state index contributed by atoms with van der Waals surface area (Å²) in [4.78, 5) is 10.5. The first-order valence-corrected chi connectivity index (χ1v) is 7.16. The van der Waals surface area contributed by atoms with Gasteiger partial charge in [-0.05, 0) is 38.2 Å². The first-order chi connectivity index (χ1) is 9.58. The Balaban J connectivity index is 1.98. The number of hydrogen-bond donors (Lipinski definition) is 1. The number of ether oxygens (including phenoxy) is 1. The van der Waals surface area contributed by atoms with E-state index in [4.69, 9.17) is 4.74 Å². The minimum absolute atomic E-state index is 0.104. The SMILES string of the molecule is CC(NC(C)C1CCOCC1)c1cccc([N+](=O)[O-])c1. The highest BCUT2D eigenvalue weighted by Gasteiger charge is 2.22. The van der Waals surface area contributed by atoms with Gasteiger partial charge in [-0.15, -0.1) is 0 Å². The minimum atomic E-state index is -0.349. The number of hydrogen-bond acceptors (Lipinski definition) is 4. The van der Waals surface area contributed by atoms with Crippen LogP contribution in [0.3, 0.4) is 0 Å². The van der Waals surface area contributed by atoms with Gasteiger partial charge in [-0.25, -0.2) is 0 Å². The summed E-state index contributed by atoms with van der Waals surface area (Å²) in [6.45, 7) is 5.91. The predicted octanol–water partition coefficient (Wildman–Crippen LogP) is 3.06. The van der Waals surface area contributed by atoms with E-state index in [2.05, 4.69) is 19.2 Å². The third-order valence-corrected chi connectivity index (χ3v) is 4.07. The number of benzene rings is 1. The number of nitro groups is 1. The summed E-state index contributed by atoms with van der Waals surface area (Å²) in [6, 6.07) is 7.33. The van der Waals surface area contributed by atoms with Gasteiger partial charge < -0.3 is 10.1 Å². The molecule has 1 heterocycles. The van der Waals surface area contributed by atoms with Gasteiger partial charge in [-0.1, -0.05) is 12.1 Å². The van der Waals surface area contributed by atoms with Crippen LogP contribution in [0.2, 0.25) is 0 Å². The minimum Gasteiger partial charge on any atom is -0.381 e. The zero-order valence-corrected chi connectivity index (χ0v) is 12.0. The molecule has 5 heteroatoms. The van der Waals surface area contributed by atoms with E-state index in [1.54, 1.807) is 12.1 Å². The average Bonchev–Trinajstić information content (AvgIpc) is 2.48. The Labute approximate surface area is 119 Å². The molecular formula is C15H22N2O3. The first-order valence-electron chi connectivity index (χ1n) is 7.16. The Morgan fingerprint density at radius 1 is 1.35 bits per heavy atom. The standard InChI is InChI=1S/C15H22N2O3/c1-11(13-6-8-20-9-7-13)16-12(2)14-4-3-5-15(10-14)17(18)19/h3-5,10-13,16H,6-9H2,1-2H3. The van der Waals surface area contributed by atoms with Crippen LogP contribution in [-0.4, -0.2) is 24.2 Å². The second-order valence-corrected chi connectivity index (χ2v) is 5.48. The Morgan fingerprint density at radius 3 is 2.70 bits per heavy atom. The molecule has 1 aromatic carbocycles. The van der Waals surface area contributed by atoms with Crippen molar-refractivity contribution < 1.29 is 9.66 Å². The molecular weight excluding hydrogens is 256 g/mol. The molecule has 2 rings (SSSR count). The van der Waals surface area contributed by atoms with Crippen LogP contribution >= 0.6 is 0 Å². The van der Waals surface area contributed by atoms with Crippen molar-refractivity contribution in [3.63, 3.8) is 0 Å². The monoisotopic (exact) mass is 278 g/mol. The molecule has 5 nitrogen and oxygen atoms in total. The highest BCUT2D eigenvalue weighted by atomic mass is 16.6. The average molecular weight is 278 g/mol. The molecule has 0 aromatic heterocycles. The van der Waals surface area contributed by atoms with Crippen LogP contribution in [0.5, 0.6) is 0 Å². The summed E-state index contributed by atoms with van der Waals surface area (Å²) in [7, 11) is 0. The topological polar surface area (TPSA) is 64.4 Å². The zero-order valence-electron chi connectivity index (χ0n) is 12.0. The van der Waals surface area contributed by atoms with Gasteiger partial charge >= 0.3 is 0 Å². The number of nitrogens with zero attached hydrogens (tertiary/aromatic N) is 1. The van der Waals surface area contributed by atoms with Crippen LogP contribution in [-0.2, 0) is 4.74 Å².